The molecule has 0 aliphatic heterocycles. The summed E-state index contributed by atoms with van der Waals surface area (Å²) in [5, 5.41) is 0. The maximum atomic E-state index is 9.49. The second-order valence-corrected chi connectivity index (χ2v) is 1.74. The van der Waals surface area contributed by atoms with Crippen LogP contribution in [0.3, 0.4) is 0 Å². The number of hydrogen-bond acceptors (Lipinski definition) is 1. The maximum absolute atomic E-state index is 9.49. The summed E-state index contributed by atoms with van der Waals surface area (Å²) in [6.07, 6.45) is 2.39. The van der Waals surface area contributed by atoms with Gasteiger partial charge in [0.05, 0.1) is 0 Å². The molecular formula is C5H9OY-. The minimum atomic E-state index is 0. The maximum Gasteiger partial charge on any atom is 0 e. The van der Waals surface area contributed by atoms with E-state index in [9.17, 15) is 4.79 Å². The molecule has 0 aromatic heterocycles. The van der Waals surface area contributed by atoms with Gasteiger partial charge in [-0.25, -0.2) is 0 Å². The summed E-state index contributed by atoms with van der Waals surface area (Å²) in [5.74, 6) is 0.475. The molecule has 0 saturated carbocycles. The van der Waals surface area contributed by atoms with Gasteiger partial charge in [0.25, 0.3) is 0 Å². The number of carbonyl (C=O) groups excluding carboxylic acids is 1. The molecule has 0 N–H and O–H groups in total. The van der Waals surface area contributed by atoms with Gasteiger partial charge in [0.15, 0.2) is 0 Å². The second kappa shape index (κ2) is 6.77. The minimum Gasteiger partial charge on any atom is -0.542 e. The van der Waals surface area contributed by atoms with Crippen LogP contribution in [0.15, 0.2) is 0 Å². The quantitative estimate of drug-likeness (QED) is 0.573. The molecule has 0 unspecified atom stereocenters. The second-order valence-electron chi connectivity index (χ2n) is 1.74. The molecule has 2 heteroatoms. The van der Waals surface area contributed by atoms with Gasteiger partial charge in [0.2, 0.25) is 0 Å². The summed E-state index contributed by atoms with van der Waals surface area (Å²) in [5.41, 5.74) is 0. The Bertz CT molecular complexity index is 43.3. The molecular weight excluding hydrogens is 165 g/mol. The van der Waals surface area contributed by atoms with E-state index in [2.05, 4.69) is 0 Å². The summed E-state index contributed by atoms with van der Waals surface area (Å²) in [7, 11) is 0. The molecule has 0 rings (SSSR count). The van der Waals surface area contributed by atoms with Crippen LogP contribution in [0.1, 0.15) is 20.3 Å². The fourth-order valence-corrected chi connectivity index (χ4v) is 0.167. The van der Waals surface area contributed by atoms with Crippen LogP contribution in [0.5, 0.6) is 0 Å². The Balaban J connectivity index is 0. The van der Waals surface area contributed by atoms with Crippen LogP contribution in [0.2, 0.25) is 0 Å². The predicted molar refractivity (Wildman–Crippen MR) is 25.1 cm³/mol. The van der Waals surface area contributed by atoms with E-state index < -0.39 is 0 Å². The van der Waals surface area contributed by atoms with Gasteiger partial charge in [0, 0.05) is 32.7 Å². The molecule has 0 aromatic rings. The van der Waals surface area contributed by atoms with E-state index in [1.807, 2.05) is 20.1 Å². The third-order valence-electron chi connectivity index (χ3n) is 0.492. The zero-order valence-electron chi connectivity index (χ0n) is 4.77. The number of hydrogen-bond donors (Lipinski definition) is 0. The van der Waals surface area contributed by atoms with Crippen LogP contribution >= 0.6 is 0 Å². The van der Waals surface area contributed by atoms with Crippen molar-refractivity contribution in [2.75, 3.05) is 0 Å². The Hall–Kier alpha value is 0.774. The molecule has 0 saturated heterocycles. The van der Waals surface area contributed by atoms with Gasteiger partial charge in [-0.05, 0) is 0 Å². The first-order valence-corrected chi connectivity index (χ1v) is 2.12. The normalized spacial score (nSPS) is 7.86. The Morgan fingerprint density at radius 2 is 2.00 bits per heavy atom. The molecule has 0 atom stereocenters. The van der Waals surface area contributed by atoms with Crippen molar-refractivity contribution < 1.29 is 37.5 Å². The first-order valence-electron chi connectivity index (χ1n) is 2.12. The summed E-state index contributed by atoms with van der Waals surface area (Å²) >= 11 is 0. The van der Waals surface area contributed by atoms with Crippen molar-refractivity contribution in [2.45, 2.75) is 20.3 Å². The Morgan fingerprint density at radius 3 is 2.00 bits per heavy atom. The average molecular weight is 174 g/mol. The van der Waals surface area contributed by atoms with Crippen molar-refractivity contribution in [3.63, 3.8) is 0 Å². The summed E-state index contributed by atoms with van der Waals surface area (Å²) in [6.45, 7) is 3.98. The van der Waals surface area contributed by atoms with Crippen molar-refractivity contribution in [1.82, 2.24) is 0 Å². The molecule has 7 heavy (non-hydrogen) atoms. The van der Waals surface area contributed by atoms with Crippen molar-refractivity contribution in [1.29, 1.82) is 0 Å². The molecule has 0 amide bonds. The summed E-state index contributed by atoms with van der Waals surface area (Å²) in [6, 6.07) is 0. The summed E-state index contributed by atoms with van der Waals surface area (Å²) < 4.78 is 0. The van der Waals surface area contributed by atoms with Crippen molar-refractivity contribution in [2.24, 2.45) is 5.92 Å². The Kier molecular flexibility index (Phi) is 10.4. The van der Waals surface area contributed by atoms with E-state index in [4.69, 9.17) is 0 Å². The van der Waals surface area contributed by atoms with Gasteiger partial charge < -0.3 is 4.79 Å². The zero-order chi connectivity index (χ0) is 4.99. The fraction of sp³-hybridized carbons (Fsp3) is 0.800. The smallest absolute Gasteiger partial charge is 0 e. The van der Waals surface area contributed by atoms with E-state index in [-0.39, 0.29) is 32.7 Å². The van der Waals surface area contributed by atoms with Crippen LogP contribution < -0.4 is 0 Å². The molecule has 39 valence electrons. The SMILES string of the molecule is CC(C)C[C-]=O.[Y]. The van der Waals surface area contributed by atoms with E-state index in [1.165, 1.54) is 0 Å². The van der Waals surface area contributed by atoms with Gasteiger partial charge in [-0.2, -0.15) is 6.42 Å². The van der Waals surface area contributed by atoms with Crippen LogP contribution in [-0.2, 0) is 37.5 Å². The Morgan fingerprint density at radius 1 is 1.57 bits per heavy atom. The molecule has 0 fully saturated rings. The third-order valence-corrected chi connectivity index (χ3v) is 0.492. The topological polar surface area (TPSA) is 17.1 Å². The van der Waals surface area contributed by atoms with Crippen molar-refractivity contribution >= 4 is 6.29 Å². The van der Waals surface area contributed by atoms with E-state index in [1.54, 1.807) is 0 Å². The van der Waals surface area contributed by atoms with Crippen LogP contribution in [-0.4, -0.2) is 6.29 Å². The monoisotopic (exact) mass is 174 g/mol. The van der Waals surface area contributed by atoms with Crippen LogP contribution in [0.25, 0.3) is 0 Å². The van der Waals surface area contributed by atoms with Crippen molar-refractivity contribution in [3.8, 4) is 0 Å². The van der Waals surface area contributed by atoms with E-state index in [0.29, 0.717) is 12.3 Å². The predicted octanol–water partition coefficient (Wildman–Crippen LogP) is 1.14. The van der Waals surface area contributed by atoms with E-state index in [0.717, 1.165) is 0 Å². The minimum absolute atomic E-state index is 0. The zero-order valence-corrected chi connectivity index (χ0v) is 7.61. The van der Waals surface area contributed by atoms with Gasteiger partial charge in [0.1, 0.15) is 0 Å². The Labute approximate surface area is 69.7 Å². The fourth-order valence-electron chi connectivity index (χ4n) is 0.167. The van der Waals surface area contributed by atoms with Gasteiger partial charge in [-0.1, -0.05) is 19.8 Å². The van der Waals surface area contributed by atoms with Gasteiger partial charge in [-0.15, -0.1) is 0 Å². The first-order chi connectivity index (χ1) is 2.77. The first kappa shape index (κ1) is 10.7. The van der Waals surface area contributed by atoms with Crippen molar-refractivity contribution in [3.05, 3.63) is 0 Å². The average Bonchev–Trinajstić information content (AvgIpc) is 1.35. The molecule has 0 bridgehead atoms. The molecule has 1 nitrogen and oxygen atoms in total. The molecule has 0 heterocycles. The number of rotatable bonds is 2. The molecule has 0 aromatic carbocycles. The molecule has 0 aliphatic rings. The molecule has 0 aliphatic carbocycles. The summed E-state index contributed by atoms with van der Waals surface area (Å²) in [4.78, 5) is 9.49. The third kappa shape index (κ3) is 10.8. The van der Waals surface area contributed by atoms with Crippen LogP contribution in [0.4, 0.5) is 0 Å². The van der Waals surface area contributed by atoms with Gasteiger partial charge in [-0.3, -0.25) is 6.29 Å². The van der Waals surface area contributed by atoms with Crippen LogP contribution in [0, 0.1) is 5.92 Å². The molecule has 0 spiro atoms. The standard InChI is InChI=1S/C5H9O.Y/c1-5(2)3-4-6;/h5H,3H2,1-2H3;/q-1;. The largest absolute Gasteiger partial charge is 0.542 e. The van der Waals surface area contributed by atoms with Gasteiger partial charge >= 0.3 is 0 Å². The van der Waals surface area contributed by atoms with E-state index >= 15 is 0 Å². The molecule has 1 radical (unpaired) electrons.